The van der Waals surface area contributed by atoms with Crippen molar-refractivity contribution in [2.24, 2.45) is 5.73 Å². The molecule has 0 aliphatic heterocycles. The minimum Gasteiger partial charge on any atom is -0.368 e. The highest BCUT2D eigenvalue weighted by molar-refractivity contribution is 7.99. The van der Waals surface area contributed by atoms with Gasteiger partial charge in [-0.25, -0.2) is 4.98 Å². The molecule has 4 N–H and O–H groups in total. The number of rotatable bonds is 5. The van der Waals surface area contributed by atoms with Gasteiger partial charge in [-0.1, -0.05) is 11.8 Å². The summed E-state index contributed by atoms with van der Waals surface area (Å²) in [5, 5.41) is 3.32. The topological polar surface area (TPSA) is 101 Å². The molecule has 1 amide bonds. The number of carbonyl (C=O) groups is 1. The van der Waals surface area contributed by atoms with Gasteiger partial charge in [0, 0.05) is 18.0 Å². The normalized spacial score (nSPS) is 14.4. The Balaban J connectivity index is 2.70. The molecule has 0 aromatic carbocycles. The maximum absolute atomic E-state index is 11.2. The Morgan fingerprint density at radius 3 is 2.94 bits per heavy atom. The van der Waals surface area contributed by atoms with E-state index in [0.717, 1.165) is 0 Å². The van der Waals surface area contributed by atoms with E-state index in [-0.39, 0.29) is 5.56 Å². The summed E-state index contributed by atoms with van der Waals surface area (Å²) in [5.74, 6) is -0.0491. The van der Waals surface area contributed by atoms with E-state index in [4.69, 9.17) is 5.73 Å². The van der Waals surface area contributed by atoms with Gasteiger partial charge in [-0.15, -0.1) is 0 Å². The minimum absolute atomic E-state index is 0.220. The lowest BCUT2D eigenvalue weighted by atomic mass is 10.1. The molecule has 0 aliphatic carbocycles. The van der Waals surface area contributed by atoms with E-state index in [0.29, 0.717) is 10.9 Å². The van der Waals surface area contributed by atoms with E-state index in [1.54, 1.807) is 14.0 Å². The highest BCUT2D eigenvalue weighted by Gasteiger charge is 2.29. The molecule has 1 rings (SSSR count). The van der Waals surface area contributed by atoms with Gasteiger partial charge in [-0.05, 0) is 14.0 Å². The number of nitrogens with one attached hydrogen (secondary N) is 2. The molecule has 1 atom stereocenters. The fourth-order valence-corrected chi connectivity index (χ4v) is 1.92. The molecule has 0 aliphatic rings. The zero-order valence-corrected chi connectivity index (χ0v) is 9.93. The molecule has 6 nitrogen and oxygen atoms in total. The average Bonchev–Trinajstić information content (AvgIpc) is 2.26. The average molecular weight is 242 g/mol. The van der Waals surface area contributed by atoms with Crippen LogP contribution in [0.2, 0.25) is 0 Å². The lowest BCUT2D eigenvalue weighted by molar-refractivity contribution is -0.122. The first-order chi connectivity index (χ1) is 7.48. The van der Waals surface area contributed by atoms with Crippen LogP contribution in [-0.4, -0.2) is 34.2 Å². The highest BCUT2D eigenvalue weighted by Crippen LogP contribution is 2.17. The van der Waals surface area contributed by atoms with Crippen LogP contribution in [0.5, 0.6) is 0 Å². The summed E-state index contributed by atoms with van der Waals surface area (Å²) in [6.07, 6.45) is 1.42. The Hall–Kier alpha value is -1.34. The van der Waals surface area contributed by atoms with Crippen molar-refractivity contribution in [3.05, 3.63) is 22.6 Å². The van der Waals surface area contributed by atoms with E-state index < -0.39 is 11.4 Å². The Morgan fingerprint density at radius 2 is 2.44 bits per heavy atom. The molecule has 7 heteroatoms. The number of amides is 1. The minimum atomic E-state index is -0.820. The van der Waals surface area contributed by atoms with Crippen LogP contribution in [0, 0.1) is 0 Å². The second kappa shape index (κ2) is 5.13. The summed E-state index contributed by atoms with van der Waals surface area (Å²) in [6.45, 7) is 1.70. The summed E-state index contributed by atoms with van der Waals surface area (Å²) >= 11 is 1.26. The first-order valence-electron chi connectivity index (χ1n) is 4.65. The molecule has 0 saturated carbocycles. The highest BCUT2D eigenvalue weighted by atomic mass is 32.2. The van der Waals surface area contributed by atoms with Gasteiger partial charge in [0.2, 0.25) is 5.91 Å². The van der Waals surface area contributed by atoms with E-state index in [9.17, 15) is 9.59 Å². The van der Waals surface area contributed by atoms with Crippen molar-refractivity contribution < 1.29 is 4.79 Å². The Kier molecular flexibility index (Phi) is 4.08. The number of hydrogen-bond donors (Lipinski definition) is 3. The van der Waals surface area contributed by atoms with Crippen molar-refractivity contribution in [1.82, 2.24) is 15.3 Å². The van der Waals surface area contributed by atoms with Gasteiger partial charge in [0.15, 0.2) is 5.16 Å². The molecule has 0 fully saturated rings. The van der Waals surface area contributed by atoms with Crippen LogP contribution in [0.25, 0.3) is 0 Å². The van der Waals surface area contributed by atoms with Crippen LogP contribution in [0.1, 0.15) is 6.92 Å². The lowest BCUT2D eigenvalue weighted by Gasteiger charge is -2.24. The van der Waals surface area contributed by atoms with Gasteiger partial charge in [-0.2, -0.15) is 0 Å². The van der Waals surface area contributed by atoms with Gasteiger partial charge in [0.25, 0.3) is 5.56 Å². The number of aromatic nitrogens is 2. The van der Waals surface area contributed by atoms with Crippen molar-refractivity contribution in [3.63, 3.8) is 0 Å². The predicted octanol–water partition coefficient (Wildman–Crippen LogP) is -0.675. The zero-order chi connectivity index (χ0) is 12.2. The number of nitrogens with two attached hydrogens (primary N) is 1. The molecule has 0 spiro atoms. The molecule has 0 radical (unpaired) electrons. The maximum Gasteiger partial charge on any atom is 0.251 e. The fraction of sp³-hybridized carbons (Fsp3) is 0.444. The molecule has 0 saturated heterocycles. The molecule has 16 heavy (non-hydrogen) atoms. The van der Waals surface area contributed by atoms with Gasteiger partial charge >= 0.3 is 0 Å². The molecule has 1 aromatic rings. The molecule has 1 unspecified atom stereocenters. The summed E-state index contributed by atoms with van der Waals surface area (Å²) in [7, 11) is 1.66. The number of thioether (sulfide) groups is 1. The number of aromatic amines is 1. The lowest BCUT2D eigenvalue weighted by Crippen LogP contribution is -2.53. The van der Waals surface area contributed by atoms with Gasteiger partial charge < -0.3 is 16.0 Å². The van der Waals surface area contributed by atoms with Crippen LogP contribution in [-0.2, 0) is 4.79 Å². The summed E-state index contributed by atoms with van der Waals surface area (Å²) in [5.41, 5.74) is 4.23. The summed E-state index contributed by atoms with van der Waals surface area (Å²) in [4.78, 5) is 28.7. The van der Waals surface area contributed by atoms with E-state index in [1.807, 2.05) is 0 Å². The third-order valence-electron chi connectivity index (χ3n) is 2.24. The summed E-state index contributed by atoms with van der Waals surface area (Å²) in [6, 6.07) is 1.33. The number of nitrogens with zero attached hydrogens (tertiary/aromatic N) is 1. The van der Waals surface area contributed by atoms with Crippen molar-refractivity contribution >= 4 is 17.7 Å². The van der Waals surface area contributed by atoms with Crippen LogP contribution < -0.4 is 16.6 Å². The van der Waals surface area contributed by atoms with Crippen molar-refractivity contribution in [2.45, 2.75) is 17.6 Å². The van der Waals surface area contributed by atoms with Gasteiger partial charge in [0.1, 0.15) is 5.54 Å². The van der Waals surface area contributed by atoms with Crippen molar-refractivity contribution in [3.8, 4) is 0 Å². The molecular weight excluding hydrogens is 228 g/mol. The number of likely N-dealkylation sites (N-methyl/N-ethyl adjacent to an activating group) is 1. The Bertz CT molecular complexity index is 434. The Labute approximate surface area is 97.0 Å². The van der Waals surface area contributed by atoms with Gasteiger partial charge in [-0.3, -0.25) is 9.59 Å². The standard InChI is InChI=1S/C9H14N4O2S/c1-9(11-2,7(10)15)5-16-8-12-4-3-6(14)13-8/h3-4,11H,5H2,1-2H3,(H2,10,15)(H,12,13,14). The molecule has 88 valence electrons. The van der Waals surface area contributed by atoms with Crippen molar-refractivity contribution in [1.29, 1.82) is 0 Å². The molecule has 1 heterocycles. The zero-order valence-electron chi connectivity index (χ0n) is 9.11. The maximum atomic E-state index is 11.2. The monoisotopic (exact) mass is 242 g/mol. The van der Waals surface area contributed by atoms with Gasteiger partial charge in [0.05, 0.1) is 0 Å². The van der Waals surface area contributed by atoms with Crippen molar-refractivity contribution in [2.75, 3.05) is 12.8 Å². The second-order valence-electron chi connectivity index (χ2n) is 3.47. The fourth-order valence-electron chi connectivity index (χ4n) is 0.905. The molecular formula is C9H14N4O2S. The summed E-state index contributed by atoms with van der Waals surface area (Å²) < 4.78 is 0. The smallest absolute Gasteiger partial charge is 0.251 e. The number of primary amides is 1. The van der Waals surface area contributed by atoms with E-state index in [1.165, 1.54) is 24.0 Å². The first kappa shape index (κ1) is 12.7. The molecule has 0 bridgehead atoms. The number of H-pyrrole nitrogens is 1. The third-order valence-corrected chi connectivity index (χ3v) is 3.44. The SMILES string of the molecule is CNC(C)(CSc1nccc(=O)[nH]1)C(N)=O. The van der Waals surface area contributed by atoms with E-state index >= 15 is 0 Å². The predicted molar refractivity (Wildman–Crippen MR) is 62.2 cm³/mol. The van der Waals surface area contributed by atoms with Crippen LogP contribution >= 0.6 is 11.8 Å². The van der Waals surface area contributed by atoms with Crippen LogP contribution in [0.15, 0.2) is 22.2 Å². The molecule has 1 aromatic heterocycles. The van der Waals surface area contributed by atoms with Crippen LogP contribution in [0.4, 0.5) is 0 Å². The first-order valence-corrected chi connectivity index (χ1v) is 5.63. The Morgan fingerprint density at radius 1 is 1.75 bits per heavy atom. The van der Waals surface area contributed by atoms with Crippen LogP contribution in [0.3, 0.4) is 0 Å². The largest absolute Gasteiger partial charge is 0.368 e. The quantitative estimate of drug-likeness (QED) is 0.469. The van der Waals surface area contributed by atoms with E-state index in [2.05, 4.69) is 15.3 Å². The third kappa shape index (κ3) is 3.07. The number of hydrogen-bond acceptors (Lipinski definition) is 5. The number of carbonyl (C=O) groups excluding carboxylic acids is 1. The second-order valence-corrected chi connectivity index (χ2v) is 4.44.